The molecule has 0 bridgehead atoms. The van der Waals surface area contributed by atoms with E-state index >= 15 is 0 Å². The van der Waals surface area contributed by atoms with E-state index in [0.717, 1.165) is 7.11 Å². The summed E-state index contributed by atoms with van der Waals surface area (Å²) in [5, 5.41) is 8.78. The molecule has 0 aliphatic heterocycles. The van der Waals surface area contributed by atoms with Gasteiger partial charge in [-0.25, -0.2) is 4.98 Å². The first kappa shape index (κ1) is 15.3. The van der Waals surface area contributed by atoms with Gasteiger partial charge < -0.3 is 14.6 Å². The van der Waals surface area contributed by atoms with Gasteiger partial charge in [0.15, 0.2) is 5.75 Å². The minimum absolute atomic E-state index is 0.0743. The molecule has 0 aliphatic carbocycles. The highest BCUT2D eigenvalue weighted by Crippen LogP contribution is 2.39. The number of alkyl halides is 6. The summed E-state index contributed by atoms with van der Waals surface area (Å²) >= 11 is 0. The third-order valence-electron chi connectivity index (χ3n) is 1.90. The Balaban J connectivity index is 3.38. The fourth-order valence-electron chi connectivity index (χ4n) is 1.20. The quantitative estimate of drug-likeness (QED) is 0.869. The number of hydrogen-bond donors (Lipinski definition) is 1. The van der Waals surface area contributed by atoms with E-state index in [2.05, 4.69) is 14.5 Å². The molecule has 0 radical (unpaired) electrons. The van der Waals surface area contributed by atoms with Gasteiger partial charge in [-0.1, -0.05) is 0 Å². The maximum Gasteiger partial charge on any atom is 0.573 e. The van der Waals surface area contributed by atoms with Crippen molar-refractivity contribution in [3.8, 4) is 11.6 Å². The molecule has 10 heteroatoms. The van der Waals surface area contributed by atoms with Crippen LogP contribution in [-0.2, 0) is 12.8 Å². The van der Waals surface area contributed by atoms with Gasteiger partial charge in [-0.3, -0.25) is 0 Å². The lowest BCUT2D eigenvalue weighted by Gasteiger charge is -2.16. The number of ether oxygens (including phenoxy) is 2. The van der Waals surface area contributed by atoms with Crippen LogP contribution in [-0.4, -0.2) is 23.6 Å². The zero-order valence-corrected chi connectivity index (χ0v) is 9.26. The SMILES string of the molecule is COc1nc(CO)c(OC(F)(F)F)cc1C(F)(F)F. The molecule has 1 aromatic rings. The van der Waals surface area contributed by atoms with Gasteiger partial charge in [0.25, 0.3) is 0 Å². The number of methoxy groups -OCH3 is 1. The van der Waals surface area contributed by atoms with Crippen molar-refractivity contribution in [2.24, 2.45) is 0 Å². The number of nitrogens with zero attached hydrogens (tertiary/aromatic N) is 1. The molecule has 1 rings (SSSR count). The number of pyridine rings is 1. The van der Waals surface area contributed by atoms with Crippen molar-refractivity contribution in [3.63, 3.8) is 0 Å². The smallest absolute Gasteiger partial charge is 0.481 e. The predicted molar refractivity (Wildman–Crippen MR) is 48.4 cm³/mol. The van der Waals surface area contributed by atoms with Crippen LogP contribution in [0.5, 0.6) is 11.6 Å². The summed E-state index contributed by atoms with van der Waals surface area (Å²) in [6, 6.07) is 0.0743. The average Bonchev–Trinajstić information content (AvgIpc) is 2.25. The summed E-state index contributed by atoms with van der Waals surface area (Å²) in [7, 11) is 0.864. The highest BCUT2D eigenvalue weighted by atomic mass is 19.4. The zero-order chi connectivity index (χ0) is 14.8. The van der Waals surface area contributed by atoms with Gasteiger partial charge in [0.2, 0.25) is 5.88 Å². The number of aliphatic hydroxyl groups excluding tert-OH is 1. The Morgan fingerprint density at radius 3 is 2.16 bits per heavy atom. The van der Waals surface area contributed by atoms with E-state index in [4.69, 9.17) is 5.11 Å². The van der Waals surface area contributed by atoms with Crippen LogP contribution >= 0.6 is 0 Å². The summed E-state index contributed by atoms with van der Waals surface area (Å²) in [4.78, 5) is 3.14. The van der Waals surface area contributed by atoms with E-state index < -0.39 is 42.0 Å². The molecule has 19 heavy (non-hydrogen) atoms. The Bertz CT molecular complexity index is 456. The molecule has 0 saturated carbocycles. The van der Waals surface area contributed by atoms with Crippen LogP contribution in [0.2, 0.25) is 0 Å². The van der Waals surface area contributed by atoms with Crippen molar-refractivity contribution in [3.05, 3.63) is 17.3 Å². The first-order valence-corrected chi connectivity index (χ1v) is 4.60. The minimum atomic E-state index is -5.21. The first-order chi connectivity index (χ1) is 8.58. The van der Waals surface area contributed by atoms with Crippen molar-refractivity contribution < 1.29 is 40.9 Å². The Labute approximate surface area is 102 Å². The van der Waals surface area contributed by atoms with Gasteiger partial charge in [-0.15, -0.1) is 13.2 Å². The van der Waals surface area contributed by atoms with Crippen LogP contribution in [0.1, 0.15) is 11.3 Å². The predicted octanol–water partition coefficient (Wildman–Crippen LogP) is 2.50. The second-order valence-electron chi connectivity index (χ2n) is 3.19. The minimum Gasteiger partial charge on any atom is -0.481 e. The van der Waals surface area contributed by atoms with E-state index in [-0.39, 0.29) is 6.07 Å². The highest BCUT2D eigenvalue weighted by molar-refractivity contribution is 5.40. The van der Waals surface area contributed by atoms with Gasteiger partial charge >= 0.3 is 12.5 Å². The Hall–Kier alpha value is -1.71. The molecular weight excluding hydrogens is 284 g/mol. The van der Waals surface area contributed by atoms with Gasteiger partial charge in [-0.05, 0) is 0 Å². The van der Waals surface area contributed by atoms with Gasteiger partial charge in [0.1, 0.15) is 11.3 Å². The van der Waals surface area contributed by atoms with Crippen molar-refractivity contribution in [2.45, 2.75) is 19.1 Å². The van der Waals surface area contributed by atoms with E-state index in [1.165, 1.54) is 0 Å². The molecule has 0 fully saturated rings. The van der Waals surface area contributed by atoms with Gasteiger partial charge in [0.05, 0.1) is 13.7 Å². The first-order valence-electron chi connectivity index (χ1n) is 4.60. The van der Waals surface area contributed by atoms with Crippen molar-refractivity contribution in [1.29, 1.82) is 0 Å². The van der Waals surface area contributed by atoms with Gasteiger partial charge in [0, 0.05) is 6.07 Å². The molecule has 0 amide bonds. The van der Waals surface area contributed by atoms with Crippen LogP contribution < -0.4 is 9.47 Å². The van der Waals surface area contributed by atoms with Crippen molar-refractivity contribution >= 4 is 0 Å². The molecule has 4 nitrogen and oxygen atoms in total. The summed E-state index contributed by atoms with van der Waals surface area (Å²) in [6.45, 7) is -1.04. The fourth-order valence-corrected chi connectivity index (χ4v) is 1.20. The molecule has 0 unspecified atom stereocenters. The number of aliphatic hydroxyl groups is 1. The summed E-state index contributed by atoms with van der Waals surface area (Å²) < 4.78 is 81.5. The largest absolute Gasteiger partial charge is 0.573 e. The molecule has 1 N–H and O–H groups in total. The van der Waals surface area contributed by atoms with Gasteiger partial charge in [-0.2, -0.15) is 13.2 Å². The maximum atomic E-state index is 12.6. The number of halogens is 6. The normalized spacial score (nSPS) is 12.4. The van der Waals surface area contributed by atoms with Crippen LogP contribution in [0.4, 0.5) is 26.3 Å². The standard InChI is InChI=1S/C9H7F6NO3/c1-18-7-4(8(10,11)12)2-6(5(3-17)16-7)19-9(13,14)15/h2,17H,3H2,1H3. The third kappa shape index (κ3) is 3.88. The average molecular weight is 291 g/mol. The van der Waals surface area contributed by atoms with Crippen molar-refractivity contribution in [2.75, 3.05) is 7.11 Å². The molecule has 1 aromatic heterocycles. The lowest BCUT2D eigenvalue weighted by atomic mass is 10.2. The fraction of sp³-hybridized carbons (Fsp3) is 0.444. The van der Waals surface area contributed by atoms with Crippen molar-refractivity contribution in [1.82, 2.24) is 4.98 Å². The molecule has 0 aliphatic rings. The van der Waals surface area contributed by atoms with Crippen LogP contribution in [0.25, 0.3) is 0 Å². The van der Waals surface area contributed by atoms with Crippen LogP contribution in [0.15, 0.2) is 6.07 Å². The van der Waals surface area contributed by atoms with E-state index in [9.17, 15) is 26.3 Å². The lowest BCUT2D eigenvalue weighted by molar-refractivity contribution is -0.275. The number of hydrogen-bond acceptors (Lipinski definition) is 4. The lowest BCUT2D eigenvalue weighted by Crippen LogP contribution is -2.20. The van der Waals surface area contributed by atoms with E-state index in [0.29, 0.717) is 0 Å². The molecule has 0 spiro atoms. The zero-order valence-electron chi connectivity index (χ0n) is 9.26. The Morgan fingerprint density at radius 2 is 1.79 bits per heavy atom. The highest BCUT2D eigenvalue weighted by Gasteiger charge is 2.39. The van der Waals surface area contributed by atoms with E-state index in [1.54, 1.807) is 0 Å². The molecule has 0 atom stereocenters. The van der Waals surface area contributed by atoms with Crippen LogP contribution in [0.3, 0.4) is 0 Å². The summed E-state index contributed by atoms with van der Waals surface area (Å²) in [5.74, 6) is -2.19. The second kappa shape index (κ2) is 5.11. The summed E-state index contributed by atoms with van der Waals surface area (Å²) in [5.41, 5.74) is -2.26. The topological polar surface area (TPSA) is 51.6 Å². The number of rotatable bonds is 3. The summed E-state index contributed by atoms with van der Waals surface area (Å²) in [6.07, 6.45) is -10.2. The molecule has 108 valence electrons. The molecule has 1 heterocycles. The second-order valence-corrected chi connectivity index (χ2v) is 3.19. The third-order valence-corrected chi connectivity index (χ3v) is 1.90. The molecule has 0 aromatic carbocycles. The monoisotopic (exact) mass is 291 g/mol. The molecular formula is C9H7F6NO3. The Morgan fingerprint density at radius 1 is 1.21 bits per heavy atom. The van der Waals surface area contributed by atoms with E-state index in [1.807, 2.05) is 0 Å². The number of aromatic nitrogens is 1. The van der Waals surface area contributed by atoms with Crippen LogP contribution in [0, 0.1) is 0 Å². The maximum absolute atomic E-state index is 12.6. The Kier molecular flexibility index (Phi) is 4.13. The molecule has 0 saturated heterocycles.